The lowest BCUT2D eigenvalue weighted by Crippen LogP contribution is -2.04. The minimum Gasteiger partial charge on any atom is -0.507 e. The molecule has 3 N–H and O–H groups in total. The highest BCUT2D eigenvalue weighted by Crippen LogP contribution is 2.19. The number of para-hydroxylation sites is 1. The predicted octanol–water partition coefficient (Wildman–Crippen LogP) is 3.34. The van der Waals surface area contributed by atoms with Gasteiger partial charge >= 0.3 is 0 Å². The summed E-state index contributed by atoms with van der Waals surface area (Å²) < 4.78 is 0. The van der Waals surface area contributed by atoms with Crippen molar-refractivity contribution in [1.29, 1.82) is 0 Å². The summed E-state index contributed by atoms with van der Waals surface area (Å²) in [6.07, 6.45) is 1.33. The summed E-state index contributed by atoms with van der Waals surface area (Å²) in [6.45, 7) is 1.99. The highest BCUT2D eigenvalue weighted by atomic mass is 16.3. The molecule has 0 amide bonds. The number of aromatic hydroxyl groups is 1. The largest absolute Gasteiger partial charge is 0.507 e. The number of benzene rings is 2. The minimum atomic E-state index is -0.340. The van der Waals surface area contributed by atoms with E-state index in [9.17, 15) is 9.90 Å². The first kappa shape index (κ1) is 17.0. The Hall–Kier alpha value is -3.81. The van der Waals surface area contributed by atoms with Crippen molar-refractivity contribution in [3.8, 4) is 5.75 Å². The number of nitrogens with one attached hydrogen (secondary N) is 2. The molecule has 0 unspecified atom stereocenters. The number of hydrogen-bond acceptors (Lipinski definition) is 6. The molecule has 26 heavy (non-hydrogen) atoms. The number of aromatic nitrogens is 2. The summed E-state index contributed by atoms with van der Waals surface area (Å²) in [4.78, 5) is 17.7. The van der Waals surface area contributed by atoms with Gasteiger partial charge in [0.2, 0.25) is 11.8 Å². The molecule has 3 rings (SSSR count). The zero-order valence-electron chi connectivity index (χ0n) is 13.9. The standard InChI is InChI=1S/C18H16N6O2/c1-12-6-8-13(9-7-12)21-22-17(14-4-2-3-5-15(14)25)23-24-18-19-11-10-16(26)20-18/h2-11,21,25H,1H3,(H,19,20,26)/b22-17+,24-23?. The van der Waals surface area contributed by atoms with Gasteiger partial charge in [-0.1, -0.05) is 29.8 Å². The molecular formula is C18H16N6O2. The molecule has 130 valence electrons. The normalized spacial score (nSPS) is 11.7. The Morgan fingerprint density at radius 3 is 2.62 bits per heavy atom. The van der Waals surface area contributed by atoms with Crippen molar-refractivity contribution in [1.82, 2.24) is 9.97 Å². The lowest BCUT2D eigenvalue weighted by molar-refractivity contribution is 0.474. The van der Waals surface area contributed by atoms with Crippen LogP contribution in [0.2, 0.25) is 0 Å². The molecular weight excluding hydrogens is 332 g/mol. The van der Waals surface area contributed by atoms with Crippen LogP contribution in [-0.2, 0) is 0 Å². The fourth-order valence-corrected chi connectivity index (χ4v) is 2.05. The third-order valence-electron chi connectivity index (χ3n) is 3.38. The summed E-state index contributed by atoms with van der Waals surface area (Å²) in [7, 11) is 0. The molecule has 0 bridgehead atoms. The van der Waals surface area contributed by atoms with Gasteiger partial charge in [-0.25, -0.2) is 4.98 Å². The number of aryl methyl sites for hydroxylation is 1. The second-order valence-corrected chi connectivity index (χ2v) is 5.39. The molecule has 0 saturated carbocycles. The maximum Gasteiger partial charge on any atom is 0.252 e. The number of anilines is 1. The summed E-state index contributed by atoms with van der Waals surface area (Å²) in [5, 5.41) is 22.2. The third-order valence-corrected chi connectivity index (χ3v) is 3.38. The molecule has 0 radical (unpaired) electrons. The van der Waals surface area contributed by atoms with E-state index in [4.69, 9.17) is 0 Å². The van der Waals surface area contributed by atoms with Crippen LogP contribution in [0.5, 0.6) is 5.75 Å². The van der Waals surface area contributed by atoms with E-state index in [0.29, 0.717) is 5.56 Å². The second kappa shape index (κ2) is 7.84. The van der Waals surface area contributed by atoms with Gasteiger partial charge in [0.1, 0.15) is 5.75 Å². The number of nitrogens with zero attached hydrogens (tertiary/aromatic N) is 4. The number of hydrogen-bond donors (Lipinski definition) is 3. The molecule has 8 nitrogen and oxygen atoms in total. The highest BCUT2D eigenvalue weighted by molar-refractivity contribution is 6.01. The second-order valence-electron chi connectivity index (χ2n) is 5.39. The molecule has 1 aromatic heterocycles. The Morgan fingerprint density at radius 1 is 1.12 bits per heavy atom. The van der Waals surface area contributed by atoms with Crippen molar-refractivity contribution in [3.05, 3.63) is 82.3 Å². The smallest absolute Gasteiger partial charge is 0.252 e. The van der Waals surface area contributed by atoms with Crippen molar-refractivity contribution in [2.45, 2.75) is 6.92 Å². The zero-order valence-corrected chi connectivity index (χ0v) is 13.9. The molecule has 8 heteroatoms. The lowest BCUT2D eigenvalue weighted by atomic mass is 10.2. The Morgan fingerprint density at radius 2 is 1.88 bits per heavy atom. The van der Waals surface area contributed by atoms with E-state index in [1.54, 1.807) is 18.2 Å². The van der Waals surface area contributed by atoms with E-state index in [1.165, 1.54) is 18.3 Å². The quantitative estimate of drug-likeness (QED) is 0.290. The topological polar surface area (TPSA) is 115 Å². The van der Waals surface area contributed by atoms with E-state index >= 15 is 0 Å². The molecule has 0 fully saturated rings. The first-order valence-corrected chi connectivity index (χ1v) is 7.77. The van der Waals surface area contributed by atoms with Gasteiger partial charge in [0, 0.05) is 12.3 Å². The average Bonchev–Trinajstić information content (AvgIpc) is 2.64. The van der Waals surface area contributed by atoms with E-state index in [2.05, 4.69) is 30.7 Å². The number of azo groups is 1. The van der Waals surface area contributed by atoms with Crippen LogP contribution in [0.3, 0.4) is 0 Å². The maximum absolute atomic E-state index is 11.3. The summed E-state index contributed by atoms with van der Waals surface area (Å²) in [5.74, 6) is 0.177. The first-order valence-electron chi connectivity index (χ1n) is 7.77. The Labute approximate surface area is 149 Å². The Bertz CT molecular complexity index is 1010. The number of H-pyrrole nitrogens is 1. The molecule has 0 aliphatic rings. The molecule has 0 aliphatic carbocycles. The van der Waals surface area contributed by atoms with E-state index in [-0.39, 0.29) is 23.1 Å². The van der Waals surface area contributed by atoms with Gasteiger partial charge < -0.3 is 5.11 Å². The van der Waals surface area contributed by atoms with E-state index in [0.717, 1.165) is 11.3 Å². The number of phenols is 1. The van der Waals surface area contributed by atoms with Gasteiger partial charge in [-0.05, 0) is 31.2 Å². The van der Waals surface area contributed by atoms with Gasteiger partial charge in [-0.2, -0.15) is 5.10 Å². The number of phenolic OH excluding ortho intramolecular Hbond substituents is 1. The van der Waals surface area contributed by atoms with Crippen LogP contribution in [0.1, 0.15) is 11.1 Å². The highest BCUT2D eigenvalue weighted by Gasteiger charge is 2.08. The van der Waals surface area contributed by atoms with Crippen LogP contribution in [0.15, 0.2) is 80.9 Å². The SMILES string of the molecule is Cc1ccc(N/N=C(/N=Nc2nccc(=O)[nH]2)c2ccccc2O)cc1. The third kappa shape index (κ3) is 4.38. The van der Waals surface area contributed by atoms with Gasteiger partial charge in [0.15, 0.2) is 0 Å². The fourth-order valence-electron chi connectivity index (χ4n) is 2.05. The lowest BCUT2D eigenvalue weighted by Gasteiger charge is -2.05. The van der Waals surface area contributed by atoms with Crippen LogP contribution in [0.25, 0.3) is 0 Å². The van der Waals surface area contributed by atoms with Crippen molar-refractivity contribution in [2.75, 3.05) is 5.43 Å². The van der Waals surface area contributed by atoms with Crippen molar-refractivity contribution in [2.24, 2.45) is 15.3 Å². The van der Waals surface area contributed by atoms with Crippen molar-refractivity contribution >= 4 is 17.5 Å². The van der Waals surface area contributed by atoms with Crippen molar-refractivity contribution < 1.29 is 5.11 Å². The molecule has 0 saturated heterocycles. The van der Waals surface area contributed by atoms with Gasteiger partial charge in [0.05, 0.1) is 11.3 Å². The number of hydrazone groups is 1. The minimum absolute atomic E-state index is 0.00502. The van der Waals surface area contributed by atoms with Gasteiger partial charge in [-0.15, -0.1) is 10.2 Å². The predicted molar refractivity (Wildman–Crippen MR) is 98.8 cm³/mol. The van der Waals surface area contributed by atoms with Crippen LogP contribution in [0.4, 0.5) is 11.6 Å². The summed E-state index contributed by atoms with van der Waals surface area (Å²) >= 11 is 0. The maximum atomic E-state index is 11.3. The molecule has 1 heterocycles. The summed E-state index contributed by atoms with van der Waals surface area (Å²) in [5.41, 5.74) is 4.80. The van der Waals surface area contributed by atoms with Crippen molar-refractivity contribution in [3.63, 3.8) is 0 Å². The molecule has 0 spiro atoms. The number of aromatic amines is 1. The molecule has 0 atom stereocenters. The van der Waals surface area contributed by atoms with E-state index in [1.807, 2.05) is 31.2 Å². The monoisotopic (exact) mass is 348 g/mol. The summed E-state index contributed by atoms with van der Waals surface area (Å²) in [6, 6.07) is 15.5. The molecule has 2 aromatic carbocycles. The Kier molecular flexibility index (Phi) is 5.14. The van der Waals surface area contributed by atoms with Crippen LogP contribution >= 0.6 is 0 Å². The van der Waals surface area contributed by atoms with Crippen LogP contribution in [-0.4, -0.2) is 20.9 Å². The van der Waals surface area contributed by atoms with Crippen LogP contribution < -0.4 is 11.0 Å². The van der Waals surface area contributed by atoms with Gasteiger partial charge in [0.25, 0.3) is 5.56 Å². The molecule has 0 aliphatic heterocycles. The Balaban J connectivity index is 1.93. The first-order chi connectivity index (χ1) is 12.6. The van der Waals surface area contributed by atoms with E-state index < -0.39 is 0 Å². The zero-order chi connectivity index (χ0) is 18.4. The number of rotatable bonds is 4. The average molecular weight is 348 g/mol. The molecule has 3 aromatic rings. The van der Waals surface area contributed by atoms with Crippen LogP contribution in [0, 0.1) is 6.92 Å². The fraction of sp³-hybridized carbons (Fsp3) is 0.0556. The van der Waals surface area contributed by atoms with Gasteiger partial charge in [-0.3, -0.25) is 15.2 Å². The number of amidine groups is 1.